The summed E-state index contributed by atoms with van der Waals surface area (Å²) in [6, 6.07) is 15.8. The number of anilines is 3. The molecule has 2 aromatic carbocycles. The molecule has 0 fully saturated rings. The molecule has 1 heterocycles. The Bertz CT molecular complexity index is 988. The lowest BCUT2D eigenvalue weighted by atomic mass is 10.2. The lowest BCUT2D eigenvalue weighted by molar-refractivity contribution is 0.0600. The van der Waals surface area contributed by atoms with Gasteiger partial charge in [0, 0.05) is 17.4 Å². The lowest BCUT2D eigenvalue weighted by Crippen LogP contribution is -2.15. The van der Waals surface area contributed by atoms with Crippen LogP contribution in [-0.2, 0) is 4.74 Å². The number of carbonyl (C=O) groups is 2. The second-order valence-electron chi connectivity index (χ2n) is 5.75. The van der Waals surface area contributed by atoms with Crippen molar-refractivity contribution in [3.8, 4) is 0 Å². The zero-order chi connectivity index (χ0) is 19.2. The first-order chi connectivity index (χ1) is 13.1. The Labute approximate surface area is 156 Å². The second kappa shape index (κ2) is 8.09. The fraction of sp³-hybridized carbons (Fsp3) is 0.100. The number of esters is 1. The van der Waals surface area contributed by atoms with Gasteiger partial charge < -0.3 is 15.4 Å². The average molecular weight is 362 g/mol. The van der Waals surface area contributed by atoms with E-state index in [9.17, 15) is 9.59 Å². The quantitative estimate of drug-likeness (QED) is 0.674. The highest BCUT2D eigenvalue weighted by Gasteiger charge is 2.12. The number of amides is 1. The van der Waals surface area contributed by atoms with E-state index in [0.717, 1.165) is 11.3 Å². The predicted octanol–water partition coefficient (Wildman–Crippen LogP) is 3.57. The van der Waals surface area contributed by atoms with Crippen molar-refractivity contribution < 1.29 is 14.3 Å². The zero-order valence-corrected chi connectivity index (χ0v) is 14.9. The van der Waals surface area contributed by atoms with E-state index in [1.54, 1.807) is 24.3 Å². The number of hydrogen-bond donors (Lipinski definition) is 2. The molecule has 0 atom stereocenters. The van der Waals surface area contributed by atoms with Gasteiger partial charge >= 0.3 is 5.97 Å². The number of para-hydroxylation sites is 1. The van der Waals surface area contributed by atoms with Crippen molar-refractivity contribution in [1.29, 1.82) is 0 Å². The monoisotopic (exact) mass is 362 g/mol. The third-order valence-electron chi connectivity index (χ3n) is 3.85. The van der Waals surface area contributed by atoms with E-state index in [2.05, 4.69) is 25.3 Å². The smallest absolute Gasteiger partial charge is 0.337 e. The predicted molar refractivity (Wildman–Crippen MR) is 102 cm³/mol. The molecule has 0 saturated heterocycles. The first-order valence-electron chi connectivity index (χ1n) is 8.21. The van der Waals surface area contributed by atoms with Crippen molar-refractivity contribution in [3.05, 3.63) is 77.7 Å². The van der Waals surface area contributed by atoms with Crippen LogP contribution in [0.15, 0.2) is 60.9 Å². The molecule has 0 spiro atoms. The zero-order valence-electron chi connectivity index (χ0n) is 14.9. The maximum Gasteiger partial charge on any atom is 0.337 e. The van der Waals surface area contributed by atoms with Crippen LogP contribution in [0.25, 0.3) is 0 Å². The Balaban J connectivity index is 1.76. The molecule has 0 radical (unpaired) electrons. The van der Waals surface area contributed by atoms with Gasteiger partial charge in [-0.1, -0.05) is 24.3 Å². The maximum atomic E-state index is 12.5. The molecular formula is C20H18N4O3. The highest BCUT2D eigenvalue weighted by molar-refractivity contribution is 6.04. The number of ether oxygens (including phenoxy) is 1. The van der Waals surface area contributed by atoms with E-state index in [-0.39, 0.29) is 5.69 Å². The van der Waals surface area contributed by atoms with Gasteiger partial charge in [-0.15, -0.1) is 0 Å². The molecule has 1 aromatic heterocycles. The van der Waals surface area contributed by atoms with Gasteiger partial charge in [-0.05, 0) is 36.8 Å². The molecule has 2 N–H and O–H groups in total. The minimum absolute atomic E-state index is 0.199. The number of rotatable bonds is 5. The number of carbonyl (C=O) groups excluding carboxylic acids is 2. The largest absolute Gasteiger partial charge is 0.465 e. The topological polar surface area (TPSA) is 93.2 Å². The Morgan fingerprint density at radius 3 is 2.59 bits per heavy atom. The van der Waals surface area contributed by atoms with Crippen LogP contribution in [0.3, 0.4) is 0 Å². The molecule has 3 rings (SSSR count). The number of methoxy groups -OCH3 is 1. The number of hydrogen-bond acceptors (Lipinski definition) is 6. The second-order valence-corrected chi connectivity index (χ2v) is 5.75. The van der Waals surface area contributed by atoms with Crippen molar-refractivity contribution in [2.75, 3.05) is 17.7 Å². The molecule has 1 amide bonds. The lowest BCUT2D eigenvalue weighted by Gasteiger charge is -2.10. The highest BCUT2D eigenvalue weighted by atomic mass is 16.5. The Kier molecular flexibility index (Phi) is 5.41. The minimum Gasteiger partial charge on any atom is -0.465 e. The van der Waals surface area contributed by atoms with Crippen LogP contribution >= 0.6 is 0 Å². The molecule has 7 nitrogen and oxygen atoms in total. The number of aromatic nitrogens is 2. The van der Waals surface area contributed by atoms with Crippen molar-refractivity contribution in [2.45, 2.75) is 6.92 Å². The van der Waals surface area contributed by atoms with E-state index in [1.165, 1.54) is 19.5 Å². The molecule has 27 heavy (non-hydrogen) atoms. The standard InChI is InChI=1S/C20H18N4O3/c1-13-6-3-4-9-16(13)24-18-11-17(21-12-22-18)19(25)23-15-8-5-7-14(10-15)20(26)27-2/h3-12H,1-2H3,(H,23,25)(H,21,22,24). The molecule has 0 aliphatic heterocycles. The molecule has 3 aromatic rings. The molecule has 0 unspecified atom stereocenters. The van der Waals surface area contributed by atoms with Gasteiger partial charge in [0.05, 0.1) is 12.7 Å². The third kappa shape index (κ3) is 4.46. The number of benzene rings is 2. The van der Waals surface area contributed by atoms with Crippen LogP contribution in [-0.4, -0.2) is 29.0 Å². The van der Waals surface area contributed by atoms with Gasteiger partial charge in [0.15, 0.2) is 0 Å². The number of nitrogens with one attached hydrogen (secondary N) is 2. The summed E-state index contributed by atoms with van der Waals surface area (Å²) in [7, 11) is 1.30. The Morgan fingerprint density at radius 2 is 1.81 bits per heavy atom. The third-order valence-corrected chi connectivity index (χ3v) is 3.85. The van der Waals surface area contributed by atoms with Gasteiger partial charge in [-0.3, -0.25) is 4.79 Å². The molecule has 0 saturated carbocycles. The molecule has 0 aliphatic carbocycles. The minimum atomic E-state index is -0.474. The summed E-state index contributed by atoms with van der Waals surface area (Å²) >= 11 is 0. The Morgan fingerprint density at radius 1 is 1.00 bits per heavy atom. The van der Waals surface area contributed by atoms with E-state index < -0.39 is 11.9 Å². The summed E-state index contributed by atoms with van der Waals surface area (Å²) in [5.41, 5.74) is 2.97. The fourth-order valence-electron chi connectivity index (χ4n) is 2.44. The van der Waals surface area contributed by atoms with Crippen molar-refractivity contribution >= 4 is 29.1 Å². The average Bonchev–Trinajstić information content (AvgIpc) is 2.69. The van der Waals surface area contributed by atoms with Crippen molar-refractivity contribution in [2.24, 2.45) is 0 Å². The van der Waals surface area contributed by atoms with Crippen LogP contribution in [0.4, 0.5) is 17.2 Å². The van der Waals surface area contributed by atoms with E-state index in [4.69, 9.17) is 0 Å². The van der Waals surface area contributed by atoms with Crippen LogP contribution in [0.5, 0.6) is 0 Å². The molecular weight excluding hydrogens is 344 g/mol. The van der Waals surface area contributed by atoms with E-state index in [1.807, 2.05) is 31.2 Å². The summed E-state index contributed by atoms with van der Waals surface area (Å²) in [5.74, 6) is -0.377. The SMILES string of the molecule is COC(=O)c1cccc(NC(=O)c2cc(Nc3ccccc3C)ncn2)c1. The highest BCUT2D eigenvalue weighted by Crippen LogP contribution is 2.19. The molecule has 136 valence electrons. The fourth-order valence-corrected chi connectivity index (χ4v) is 2.44. The summed E-state index contributed by atoms with van der Waals surface area (Å²) in [5, 5.41) is 5.89. The maximum absolute atomic E-state index is 12.5. The van der Waals surface area contributed by atoms with Crippen molar-refractivity contribution in [1.82, 2.24) is 9.97 Å². The van der Waals surface area contributed by atoms with Gasteiger partial charge in [-0.25, -0.2) is 14.8 Å². The van der Waals surface area contributed by atoms with E-state index in [0.29, 0.717) is 17.1 Å². The van der Waals surface area contributed by atoms with Crippen LogP contribution < -0.4 is 10.6 Å². The molecule has 0 aliphatic rings. The van der Waals surface area contributed by atoms with Gasteiger partial charge in [0.25, 0.3) is 5.91 Å². The van der Waals surface area contributed by atoms with Crippen LogP contribution in [0.1, 0.15) is 26.4 Å². The van der Waals surface area contributed by atoms with Gasteiger partial charge in [-0.2, -0.15) is 0 Å². The Hall–Kier alpha value is -3.74. The summed E-state index contributed by atoms with van der Waals surface area (Å²) in [6.45, 7) is 1.98. The van der Waals surface area contributed by atoms with E-state index >= 15 is 0 Å². The van der Waals surface area contributed by atoms with Crippen molar-refractivity contribution in [3.63, 3.8) is 0 Å². The summed E-state index contributed by atoms with van der Waals surface area (Å²) in [4.78, 5) is 32.3. The first kappa shape index (κ1) is 18.1. The van der Waals surface area contributed by atoms with Crippen LogP contribution in [0.2, 0.25) is 0 Å². The molecule has 0 bridgehead atoms. The summed E-state index contributed by atoms with van der Waals surface area (Å²) in [6.07, 6.45) is 1.32. The van der Waals surface area contributed by atoms with Gasteiger partial charge in [0.1, 0.15) is 17.8 Å². The van der Waals surface area contributed by atoms with Gasteiger partial charge in [0.2, 0.25) is 0 Å². The number of nitrogens with zero attached hydrogens (tertiary/aromatic N) is 2. The molecule has 7 heteroatoms. The number of aryl methyl sites for hydroxylation is 1. The van der Waals surface area contributed by atoms with Crippen LogP contribution in [0, 0.1) is 6.92 Å². The first-order valence-corrected chi connectivity index (χ1v) is 8.21. The normalized spacial score (nSPS) is 10.1. The summed E-state index contributed by atoms with van der Waals surface area (Å²) < 4.78 is 4.68.